The van der Waals surface area contributed by atoms with Crippen LogP contribution in [0.5, 0.6) is 0 Å². The Bertz CT molecular complexity index is 1000. The lowest BCUT2D eigenvalue weighted by atomic mass is 10.1. The fourth-order valence-corrected chi connectivity index (χ4v) is 4.29. The molecular formula is C24H28N2O3S. The maximum absolute atomic E-state index is 12.5. The van der Waals surface area contributed by atoms with Crippen molar-refractivity contribution in [3.8, 4) is 0 Å². The zero-order valence-corrected chi connectivity index (χ0v) is 18.7. The van der Waals surface area contributed by atoms with Gasteiger partial charge in [0.15, 0.2) is 0 Å². The van der Waals surface area contributed by atoms with Gasteiger partial charge in [0.1, 0.15) is 0 Å². The van der Waals surface area contributed by atoms with E-state index in [1.54, 1.807) is 11.8 Å². The molecular weight excluding hydrogens is 396 g/mol. The molecule has 0 spiro atoms. The number of ether oxygens (including phenoxy) is 1. The molecule has 1 aliphatic rings. The van der Waals surface area contributed by atoms with E-state index in [1.165, 1.54) is 17.6 Å². The van der Waals surface area contributed by atoms with Crippen molar-refractivity contribution in [3.63, 3.8) is 0 Å². The fraction of sp³-hybridized carbons (Fsp3) is 0.333. The number of benzene rings is 1. The summed E-state index contributed by atoms with van der Waals surface area (Å²) in [7, 11) is 1.40. The van der Waals surface area contributed by atoms with Crippen molar-refractivity contribution in [1.82, 2.24) is 10.3 Å². The Morgan fingerprint density at radius 2 is 1.87 bits per heavy atom. The number of rotatable bonds is 8. The molecule has 0 aliphatic carbocycles. The van der Waals surface area contributed by atoms with Gasteiger partial charge in [-0.15, -0.1) is 11.8 Å². The summed E-state index contributed by atoms with van der Waals surface area (Å²) in [5.41, 5.74) is 7.02. The number of aromatic nitrogens is 1. The molecule has 2 heterocycles. The van der Waals surface area contributed by atoms with Crippen LogP contribution in [0.2, 0.25) is 0 Å². The SMILES string of the molecule is COC(=O)CCc1c[nH]c(/C=C2\NC(=O)C(CCSc3ccc(C)cc3)=C2C)c1C. The lowest BCUT2D eigenvalue weighted by Gasteiger charge is -2.03. The second kappa shape index (κ2) is 9.85. The van der Waals surface area contributed by atoms with E-state index in [1.807, 2.05) is 26.1 Å². The number of hydrogen-bond acceptors (Lipinski definition) is 4. The number of esters is 1. The zero-order chi connectivity index (χ0) is 21.7. The van der Waals surface area contributed by atoms with Crippen LogP contribution in [0.1, 0.15) is 42.1 Å². The third kappa shape index (κ3) is 5.25. The number of nitrogens with one attached hydrogen (secondary N) is 2. The van der Waals surface area contributed by atoms with Gasteiger partial charge < -0.3 is 15.0 Å². The van der Waals surface area contributed by atoms with Gasteiger partial charge in [0.05, 0.1) is 7.11 Å². The van der Waals surface area contributed by atoms with Crippen LogP contribution in [0.15, 0.2) is 52.2 Å². The molecule has 2 aromatic rings. The number of thioether (sulfide) groups is 1. The molecule has 1 aromatic heterocycles. The van der Waals surface area contributed by atoms with E-state index in [0.29, 0.717) is 12.8 Å². The van der Waals surface area contributed by atoms with Crippen molar-refractivity contribution < 1.29 is 14.3 Å². The molecule has 6 heteroatoms. The van der Waals surface area contributed by atoms with Crippen LogP contribution in [0.4, 0.5) is 0 Å². The maximum Gasteiger partial charge on any atom is 0.305 e. The summed E-state index contributed by atoms with van der Waals surface area (Å²) in [5.74, 6) is 0.624. The minimum atomic E-state index is -0.217. The van der Waals surface area contributed by atoms with Crippen LogP contribution in [0.3, 0.4) is 0 Å². The highest BCUT2D eigenvalue weighted by molar-refractivity contribution is 7.99. The first-order valence-corrected chi connectivity index (χ1v) is 11.0. The molecule has 0 radical (unpaired) electrons. The third-order valence-electron chi connectivity index (χ3n) is 5.42. The topological polar surface area (TPSA) is 71.2 Å². The van der Waals surface area contributed by atoms with E-state index in [9.17, 15) is 9.59 Å². The van der Waals surface area contributed by atoms with Crippen molar-refractivity contribution in [2.45, 2.75) is 44.9 Å². The van der Waals surface area contributed by atoms with Crippen molar-refractivity contribution in [2.75, 3.05) is 12.9 Å². The summed E-state index contributed by atoms with van der Waals surface area (Å²) in [5, 5.41) is 3.00. The van der Waals surface area contributed by atoms with Gasteiger partial charge in [-0.05, 0) is 68.5 Å². The van der Waals surface area contributed by atoms with E-state index >= 15 is 0 Å². The predicted octanol–water partition coefficient (Wildman–Crippen LogP) is 4.71. The van der Waals surface area contributed by atoms with Crippen LogP contribution in [-0.4, -0.2) is 29.7 Å². The lowest BCUT2D eigenvalue weighted by Crippen LogP contribution is -2.16. The van der Waals surface area contributed by atoms with Crippen molar-refractivity contribution >= 4 is 29.7 Å². The van der Waals surface area contributed by atoms with Crippen molar-refractivity contribution in [2.24, 2.45) is 0 Å². The van der Waals surface area contributed by atoms with Gasteiger partial charge in [0.25, 0.3) is 5.91 Å². The Labute approximate surface area is 182 Å². The monoisotopic (exact) mass is 424 g/mol. The molecule has 158 valence electrons. The molecule has 1 aromatic carbocycles. The van der Waals surface area contributed by atoms with E-state index < -0.39 is 0 Å². The number of aryl methyl sites for hydroxylation is 2. The van der Waals surface area contributed by atoms with Crippen LogP contribution >= 0.6 is 11.8 Å². The minimum absolute atomic E-state index is 0.0154. The van der Waals surface area contributed by atoms with Crippen LogP contribution in [0.25, 0.3) is 6.08 Å². The fourth-order valence-electron chi connectivity index (χ4n) is 3.42. The van der Waals surface area contributed by atoms with Gasteiger partial charge in [0, 0.05) is 40.2 Å². The number of aromatic amines is 1. The number of allylic oxidation sites excluding steroid dienone is 1. The van der Waals surface area contributed by atoms with Gasteiger partial charge >= 0.3 is 5.97 Å². The van der Waals surface area contributed by atoms with E-state index in [0.717, 1.165) is 45.8 Å². The van der Waals surface area contributed by atoms with Gasteiger partial charge in [-0.1, -0.05) is 17.7 Å². The van der Waals surface area contributed by atoms with E-state index in [-0.39, 0.29) is 11.9 Å². The highest BCUT2D eigenvalue weighted by Crippen LogP contribution is 2.28. The largest absolute Gasteiger partial charge is 0.469 e. The highest BCUT2D eigenvalue weighted by atomic mass is 32.2. The summed E-state index contributed by atoms with van der Waals surface area (Å²) in [6.07, 6.45) is 5.59. The van der Waals surface area contributed by atoms with Gasteiger partial charge in [0.2, 0.25) is 0 Å². The van der Waals surface area contributed by atoms with Gasteiger partial charge in [-0.2, -0.15) is 0 Å². The van der Waals surface area contributed by atoms with Crippen LogP contribution < -0.4 is 5.32 Å². The van der Waals surface area contributed by atoms with Crippen LogP contribution in [-0.2, 0) is 20.7 Å². The number of amides is 1. The zero-order valence-electron chi connectivity index (χ0n) is 17.9. The van der Waals surface area contributed by atoms with Gasteiger partial charge in [-0.25, -0.2) is 0 Å². The number of carbonyl (C=O) groups excluding carboxylic acids is 2. The molecule has 5 nitrogen and oxygen atoms in total. The molecule has 30 heavy (non-hydrogen) atoms. The number of H-pyrrole nitrogens is 1. The standard InChI is InChI=1S/C24H28N2O3S/c1-15-5-8-19(9-6-15)30-12-11-20-17(3)22(26-24(20)28)13-21-16(2)18(14-25-21)7-10-23(27)29-4/h5-6,8-9,13-14,25H,7,10-12H2,1-4H3,(H,26,28)/b22-13-. The summed E-state index contributed by atoms with van der Waals surface area (Å²) in [4.78, 5) is 28.4. The molecule has 1 amide bonds. The average molecular weight is 425 g/mol. The Kier molecular flexibility index (Phi) is 7.21. The smallest absolute Gasteiger partial charge is 0.305 e. The number of carbonyl (C=O) groups is 2. The molecule has 0 saturated carbocycles. The summed E-state index contributed by atoms with van der Waals surface area (Å²) < 4.78 is 4.71. The average Bonchev–Trinajstić information content (AvgIpc) is 3.21. The normalized spacial score (nSPS) is 15.1. The first-order valence-electron chi connectivity index (χ1n) is 10.1. The summed E-state index contributed by atoms with van der Waals surface area (Å²) >= 11 is 1.76. The summed E-state index contributed by atoms with van der Waals surface area (Å²) in [6.45, 7) is 6.09. The van der Waals surface area contributed by atoms with E-state index in [4.69, 9.17) is 4.74 Å². The Morgan fingerprint density at radius 1 is 1.13 bits per heavy atom. The Hall–Kier alpha value is -2.73. The minimum Gasteiger partial charge on any atom is -0.469 e. The number of methoxy groups -OCH3 is 1. The Morgan fingerprint density at radius 3 is 2.57 bits per heavy atom. The molecule has 0 saturated heterocycles. The Balaban J connectivity index is 1.66. The lowest BCUT2D eigenvalue weighted by molar-refractivity contribution is -0.140. The molecule has 2 N–H and O–H groups in total. The second-order valence-electron chi connectivity index (χ2n) is 7.46. The molecule has 0 bridgehead atoms. The van der Waals surface area contributed by atoms with Crippen molar-refractivity contribution in [1.29, 1.82) is 0 Å². The molecule has 1 aliphatic heterocycles. The predicted molar refractivity (Wildman–Crippen MR) is 121 cm³/mol. The van der Waals surface area contributed by atoms with Gasteiger partial charge in [-0.3, -0.25) is 9.59 Å². The van der Waals surface area contributed by atoms with E-state index in [2.05, 4.69) is 41.5 Å². The third-order valence-corrected chi connectivity index (χ3v) is 6.44. The first kappa shape index (κ1) is 22.0. The van der Waals surface area contributed by atoms with Crippen molar-refractivity contribution in [3.05, 3.63) is 69.7 Å². The maximum atomic E-state index is 12.5. The molecule has 0 unspecified atom stereocenters. The number of hydrogen-bond donors (Lipinski definition) is 2. The molecule has 3 rings (SSSR count). The second-order valence-corrected chi connectivity index (χ2v) is 8.62. The highest BCUT2D eigenvalue weighted by Gasteiger charge is 2.24. The van der Waals surface area contributed by atoms with Crippen LogP contribution in [0, 0.1) is 13.8 Å². The molecule has 0 fully saturated rings. The quantitative estimate of drug-likeness (QED) is 0.476. The first-order chi connectivity index (χ1) is 14.4. The molecule has 0 atom stereocenters. The summed E-state index contributed by atoms with van der Waals surface area (Å²) in [6, 6.07) is 8.45.